The average molecular weight is 409 g/mol. The molecule has 0 saturated heterocycles. The highest BCUT2D eigenvalue weighted by atomic mass is 32.2. The van der Waals surface area contributed by atoms with Gasteiger partial charge < -0.3 is 9.47 Å². The first-order chi connectivity index (χ1) is 13.7. The number of rotatable bonds is 3. The molecule has 1 aliphatic heterocycles. The van der Waals surface area contributed by atoms with E-state index in [1.807, 2.05) is 60.9 Å². The van der Waals surface area contributed by atoms with Crippen molar-refractivity contribution in [3.05, 3.63) is 74.8 Å². The number of hydrogen-bond donors (Lipinski definition) is 0. The molecule has 0 radical (unpaired) electrons. The van der Waals surface area contributed by atoms with Crippen molar-refractivity contribution in [2.24, 2.45) is 0 Å². The third-order valence-corrected chi connectivity index (χ3v) is 6.11. The van der Waals surface area contributed by atoms with E-state index in [1.54, 1.807) is 11.8 Å². The zero-order chi connectivity index (χ0) is 19.1. The molecule has 140 valence electrons. The van der Waals surface area contributed by atoms with Crippen molar-refractivity contribution in [1.29, 1.82) is 0 Å². The molecule has 0 aliphatic carbocycles. The van der Waals surface area contributed by atoms with Crippen molar-refractivity contribution in [2.45, 2.75) is 11.0 Å². The Kier molecular flexibility index (Phi) is 4.29. The molecule has 3 heterocycles. The fourth-order valence-corrected chi connectivity index (χ4v) is 4.31. The molecule has 0 spiro atoms. The first-order valence-corrected chi connectivity index (χ1v) is 10.7. The number of para-hydroxylation sites is 2. The number of ether oxygens (including phenoxy) is 2. The summed E-state index contributed by atoms with van der Waals surface area (Å²) in [5.41, 5.74) is 0.796. The summed E-state index contributed by atoms with van der Waals surface area (Å²) in [7, 11) is 0. The molecule has 5 rings (SSSR count). The van der Waals surface area contributed by atoms with Crippen LogP contribution in [0.2, 0.25) is 0 Å². The number of thioether (sulfide) groups is 1. The summed E-state index contributed by atoms with van der Waals surface area (Å²) < 4.78 is 13.6. The summed E-state index contributed by atoms with van der Waals surface area (Å²) in [4.78, 5) is 18.9. The van der Waals surface area contributed by atoms with Crippen molar-refractivity contribution < 1.29 is 9.47 Å². The monoisotopic (exact) mass is 409 g/mol. The third kappa shape index (κ3) is 3.04. The highest BCUT2D eigenvalue weighted by Crippen LogP contribution is 2.35. The summed E-state index contributed by atoms with van der Waals surface area (Å²) >= 11 is 3.00. The smallest absolute Gasteiger partial charge is 0.291 e. The number of benzene rings is 2. The molecular weight excluding hydrogens is 394 g/mol. The van der Waals surface area contributed by atoms with E-state index in [9.17, 15) is 4.79 Å². The van der Waals surface area contributed by atoms with Crippen LogP contribution in [0.1, 0.15) is 17.5 Å². The molecule has 0 N–H and O–H groups in total. The molecule has 28 heavy (non-hydrogen) atoms. The van der Waals surface area contributed by atoms with Gasteiger partial charge in [-0.15, -0.1) is 16.9 Å². The van der Waals surface area contributed by atoms with Gasteiger partial charge in [-0.05, 0) is 42.2 Å². The zero-order valence-electron chi connectivity index (χ0n) is 14.9. The maximum absolute atomic E-state index is 12.7. The fourth-order valence-electron chi connectivity index (χ4n) is 2.98. The predicted octanol–water partition coefficient (Wildman–Crippen LogP) is 2.93. The summed E-state index contributed by atoms with van der Waals surface area (Å²) in [6.07, 6.45) is 3.46. The fraction of sp³-hybridized carbons (Fsp3) is 0.150. The van der Waals surface area contributed by atoms with Gasteiger partial charge in [0.05, 0.1) is 4.53 Å². The van der Waals surface area contributed by atoms with Crippen LogP contribution in [0.5, 0.6) is 11.5 Å². The van der Waals surface area contributed by atoms with E-state index in [-0.39, 0.29) is 5.56 Å². The van der Waals surface area contributed by atoms with E-state index in [2.05, 4.69) is 10.1 Å². The largest absolute Gasteiger partial charge is 0.485 e. The normalized spacial score (nSPS) is 16.6. The average Bonchev–Trinajstić information content (AvgIpc) is 3.28. The number of thiazole rings is 1. The van der Waals surface area contributed by atoms with Gasteiger partial charge >= 0.3 is 0 Å². The Balaban J connectivity index is 1.47. The predicted molar refractivity (Wildman–Crippen MR) is 109 cm³/mol. The van der Waals surface area contributed by atoms with Crippen LogP contribution in [-0.4, -0.2) is 27.5 Å². The summed E-state index contributed by atoms with van der Waals surface area (Å²) in [5.74, 6) is 1.81. The molecule has 6 nitrogen and oxygen atoms in total. The second-order valence-electron chi connectivity index (χ2n) is 6.22. The lowest BCUT2D eigenvalue weighted by atomic mass is 10.2. The lowest BCUT2D eigenvalue weighted by Gasteiger charge is -2.24. The molecular formula is C20H15N3O3S2. The molecule has 0 bridgehead atoms. The van der Waals surface area contributed by atoms with Crippen LogP contribution in [0.4, 0.5) is 0 Å². The first kappa shape index (κ1) is 17.3. The minimum atomic E-state index is -0.437. The lowest BCUT2D eigenvalue weighted by Crippen LogP contribution is -2.26. The van der Waals surface area contributed by atoms with E-state index in [4.69, 9.17) is 9.47 Å². The van der Waals surface area contributed by atoms with Gasteiger partial charge in [-0.25, -0.2) is 0 Å². The quantitative estimate of drug-likeness (QED) is 0.485. The van der Waals surface area contributed by atoms with Gasteiger partial charge in [0.25, 0.3) is 5.56 Å². The van der Waals surface area contributed by atoms with Gasteiger partial charge in [0, 0.05) is 4.90 Å². The number of nitrogens with zero attached hydrogens (tertiary/aromatic N) is 3. The van der Waals surface area contributed by atoms with Gasteiger partial charge in [0.1, 0.15) is 6.61 Å². The molecule has 2 aromatic carbocycles. The van der Waals surface area contributed by atoms with Crippen molar-refractivity contribution >= 4 is 34.1 Å². The zero-order valence-corrected chi connectivity index (χ0v) is 16.5. The van der Waals surface area contributed by atoms with Crippen molar-refractivity contribution in [1.82, 2.24) is 14.6 Å². The van der Waals surface area contributed by atoms with Crippen LogP contribution in [0.25, 0.3) is 11.0 Å². The highest BCUT2D eigenvalue weighted by Gasteiger charge is 2.26. The van der Waals surface area contributed by atoms with Crippen LogP contribution >= 0.6 is 23.1 Å². The Morgan fingerprint density at radius 3 is 2.71 bits per heavy atom. The molecule has 1 atom stereocenters. The second kappa shape index (κ2) is 6.96. The van der Waals surface area contributed by atoms with Crippen LogP contribution in [0.3, 0.4) is 0 Å². The molecule has 0 saturated carbocycles. The lowest BCUT2D eigenvalue weighted by molar-refractivity contribution is 0.0852. The van der Waals surface area contributed by atoms with Gasteiger partial charge in [-0.1, -0.05) is 35.6 Å². The Morgan fingerprint density at radius 2 is 1.96 bits per heavy atom. The van der Waals surface area contributed by atoms with Crippen molar-refractivity contribution in [3.63, 3.8) is 0 Å². The molecule has 0 amide bonds. The molecule has 4 aromatic rings. The Labute approximate surface area is 168 Å². The van der Waals surface area contributed by atoms with Crippen molar-refractivity contribution in [2.75, 3.05) is 12.9 Å². The van der Waals surface area contributed by atoms with E-state index in [0.717, 1.165) is 5.56 Å². The minimum Gasteiger partial charge on any atom is -0.485 e. The minimum absolute atomic E-state index is 0.176. The van der Waals surface area contributed by atoms with Gasteiger partial charge in [-0.3, -0.25) is 4.79 Å². The van der Waals surface area contributed by atoms with E-state index >= 15 is 0 Å². The van der Waals surface area contributed by atoms with Gasteiger partial charge in [0.2, 0.25) is 4.96 Å². The standard InChI is InChI=1S/C20H15N3O3S2/c1-27-13-8-6-12(7-9-13)10-17-19(24)23-20(28-17)21-18(22-23)16-11-25-14-4-2-3-5-15(14)26-16/h2-10,16H,11H2,1H3/b17-10-. The third-order valence-electron chi connectivity index (χ3n) is 4.41. The van der Waals surface area contributed by atoms with Crippen LogP contribution < -0.4 is 19.6 Å². The van der Waals surface area contributed by atoms with E-state index in [1.165, 1.54) is 20.7 Å². The Hall–Kier alpha value is -2.84. The second-order valence-corrected chi connectivity index (χ2v) is 8.11. The van der Waals surface area contributed by atoms with Crippen LogP contribution in [0, 0.1) is 0 Å². The molecule has 8 heteroatoms. The maximum Gasteiger partial charge on any atom is 0.291 e. The number of aromatic nitrogens is 3. The van der Waals surface area contributed by atoms with Gasteiger partial charge in [0.15, 0.2) is 23.4 Å². The number of fused-ring (bicyclic) bond motifs is 2. The summed E-state index contributed by atoms with van der Waals surface area (Å²) in [6.45, 7) is 0.309. The maximum atomic E-state index is 12.7. The number of hydrogen-bond acceptors (Lipinski definition) is 7. The van der Waals surface area contributed by atoms with Crippen LogP contribution in [-0.2, 0) is 0 Å². The Bertz CT molecular complexity index is 1260. The summed E-state index contributed by atoms with van der Waals surface area (Å²) in [5, 5.41) is 4.37. The van der Waals surface area contributed by atoms with E-state index in [0.29, 0.717) is 33.4 Å². The highest BCUT2D eigenvalue weighted by molar-refractivity contribution is 7.98. The Morgan fingerprint density at radius 1 is 1.18 bits per heavy atom. The molecule has 1 unspecified atom stereocenters. The molecule has 0 fully saturated rings. The molecule has 1 aliphatic rings. The topological polar surface area (TPSA) is 65.7 Å². The molecule has 2 aromatic heterocycles. The summed E-state index contributed by atoms with van der Waals surface area (Å²) in [6, 6.07) is 15.5. The van der Waals surface area contributed by atoms with Crippen LogP contribution in [0.15, 0.2) is 58.2 Å². The first-order valence-electron chi connectivity index (χ1n) is 8.65. The SMILES string of the molecule is CSc1ccc(/C=c2\sc3nc(C4COc5ccccc5O4)nn3c2=O)cc1. The van der Waals surface area contributed by atoms with Gasteiger partial charge in [-0.2, -0.15) is 9.50 Å². The van der Waals surface area contributed by atoms with E-state index < -0.39 is 6.10 Å². The van der Waals surface area contributed by atoms with Crippen molar-refractivity contribution in [3.8, 4) is 11.5 Å².